The molecular formula is C14H19NO4. The maximum atomic E-state index is 11.4. The monoisotopic (exact) mass is 265 g/mol. The first kappa shape index (κ1) is 13.8. The van der Waals surface area contributed by atoms with Gasteiger partial charge in [0.05, 0.1) is 13.2 Å². The van der Waals surface area contributed by atoms with Gasteiger partial charge in [-0.2, -0.15) is 0 Å². The minimum Gasteiger partial charge on any atom is -0.460 e. The molecule has 5 nitrogen and oxygen atoms in total. The highest BCUT2D eigenvalue weighted by molar-refractivity contribution is 5.86. The molecule has 1 aromatic rings. The highest BCUT2D eigenvalue weighted by atomic mass is 16.5. The molecule has 2 rings (SSSR count). The fourth-order valence-corrected chi connectivity index (χ4v) is 2.08. The molecule has 0 amide bonds. The Balaban J connectivity index is 1.81. The predicted octanol–water partition coefficient (Wildman–Crippen LogP) is 1.48. The van der Waals surface area contributed by atoms with Gasteiger partial charge in [0.15, 0.2) is 0 Å². The number of hydrogen-bond acceptors (Lipinski definition) is 5. The van der Waals surface area contributed by atoms with E-state index in [0.717, 1.165) is 6.42 Å². The normalized spacial score (nSPS) is 21.8. The van der Waals surface area contributed by atoms with Gasteiger partial charge in [-0.25, -0.2) is 4.79 Å². The average Bonchev–Trinajstić information content (AvgIpc) is 3.06. The number of carbonyl (C=O) groups excluding carboxylic acids is 1. The van der Waals surface area contributed by atoms with Crippen LogP contribution in [-0.4, -0.2) is 30.3 Å². The van der Waals surface area contributed by atoms with Crippen molar-refractivity contribution in [2.24, 2.45) is 5.92 Å². The Morgan fingerprint density at radius 2 is 2.37 bits per heavy atom. The van der Waals surface area contributed by atoms with E-state index in [2.05, 4.69) is 11.4 Å². The number of aliphatic hydroxyl groups excluding tert-OH is 1. The highest BCUT2D eigenvalue weighted by Gasteiger charge is 2.18. The standard InChI is InChI=1S/C14H19NO4/c1-2-18-14(17)13-6-5-12(19-13)8-15-11-4-3-10(7-11)9-16/h3-6,10-11,15-16H,2,7-9H2,1H3/t10-,11+/m0/s1. The van der Waals surface area contributed by atoms with Gasteiger partial charge in [-0.1, -0.05) is 12.2 Å². The molecule has 1 aromatic heterocycles. The van der Waals surface area contributed by atoms with Gasteiger partial charge in [-0.15, -0.1) is 0 Å². The van der Waals surface area contributed by atoms with Crippen molar-refractivity contribution in [3.05, 3.63) is 35.8 Å². The summed E-state index contributed by atoms with van der Waals surface area (Å²) in [4.78, 5) is 11.4. The molecule has 104 valence electrons. The van der Waals surface area contributed by atoms with E-state index < -0.39 is 5.97 Å². The molecule has 0 radical (unpaired) electrons. The summed E-state index contributed by atoms with van der Waals surface area (Å²) in [6.07, 6.45) is 4.96. The van der Waals surface area contributed by atoms with Crippen LogP contribution in [0.5, 0.6) is 0 Å². The van der Waals surface area contributed by atoms with Crippen LogP contribution in [0.25, 0.3) is 0 Å². The third-order valence-electron chi connectivity index (χ3n) is 3.08. The summed E-state index contributed by atoms with van der Waals surface area (Å²) in [6.45, 7) is 2.82. The summed E-state index contributed by atoms with van der Waals surface area (Å²) in [7, 11) is 0. The summed E-state index contributed by atoms with van der Waals surface area (Å²) in [5.74, 6) is 0.733. The van der Waals surface area contributed by atoms with Crippen molar-refractivity contribution in [1.29, 1.82) is 0 Å². The number of aliphatic hydroxyl groups is 1. The lowest BCUT2D eigenvalue weighted by molar-refractivity contribution is 0.0488. The molecular weight excluding hydrogens is 246 g/mol. The van der Waals surface area contributed by atoms with E-state index in [0.29, 0.717) is 18.9 Å². The third kappa shape index (κ3) is 3.68. The van der Waals surface area contributed by atoms with Crippen molar-refractivity contribution in [3.8, 4) is 0 Å². The summed E-state index contributed by atoms with van der Waals surface area (Å²) in [5.41, 5.74) is 0. The molecule has 0 fully saturated rings. The van der Waals surface area contributed by atoms with E-state index in [4.69, 9.17) is 14.3 Å². The lowest BCUT2D eigenvalue weighted by Gasteiger charge is -2.11. The van der Waals surface area contributed by atoms with Gasteiger partial charge in [0, 0.05) is 18.6 Å². The second kappa shape index (κ2) is 6.54. The molecule has 19 heavy (non-hydrogen) atoms. The molecule has 1 heterocycles. The molecule has 0 spiro atoms. The second-order valence-corrected chi connectivity index (χ2v) is 4.54. The molecule has 1 aliphatic carbocycles. The van der Waals surface area contributed by atoms with Crippen LogP contribution in [0, 0.1) is 5.92 Å². The van der Waals surface area contributed by atoms with Crippen molar-refractivity contribution in [1.82, 2.24) is 5.32 Å². The molecule has 5 heteroatoms. The second-order valence-electron chi connectivity index (χ2n) is 4.54. The minimum absolute atomic E-state index is 0.183. The van der Waals surface area contributed by atoms with Gasteiger partial charge >= 0.3 is 5.97 Å². The summed E-state index contributed by atoms with van der Waals surface area (Å²) < 4.78 is 10.3. The van der Waals surface area contributed by atoms with Gasteiger partial charge in [0.25, 0.3) is 0 Å². The Hall–Kier alpha value is -1.59. The number of rotatable bonds is 6. The van der Waals surface area contributed by atoms with Crippen LogP contribution in [0.4, 0.5) is 0 Å². The zero-order valence-corrected chi connectivity index (χ0v) is 11.0. The lowest BCUT2D eigenvalue weighted by Crippen LogP contribution is -2.25. The zero-order valence-electron chi connectivity index (χ0n) is 11.0. The van der Waals surface area contributed by atoms with Crippen molar-refractivity contribution in [2.45, 2.75) is 25.9 Å². The number of hydrogen-bond donors (Lipinski definition) is 2. The Morgan fingerprint density at radius 3 is 3.05 bits per heavy atom. The highest BCUT2D eigenvalue weighted by Crippen LogP contribution is 2.18. The topological polar surface area (TPSA) is 71.7 Å². The van der Waals surface area contributed by atoms with E-state index in [1.54, 1.807) is 19.1 Å². The Bertz CT molecular complexity index is 452. The van der Waals surface area contributed by atoms with Crippen molar-refractivity contribution in [3.63, 3.8) is 0 Å². The SMILES string of the molecule is CCOC(=O)c1ccc(CN[C@@H]2C=C[C@H](CO)C2)o1. The number of furan rings is 1. The quantitative estimate of drug-likeness (QED) is 0.602. The Labute approximate surface area is 112 Å². The molecule has 0 unspecified atom stereocenters. The molecule has 0 aliphatic heterocycles. The van der Waals surface area contributed by atoms with Crippen LogP contribution in [0.2, 0.25) is 0 Å². The predicted molar refractivity (Wildman–Crippen MR) is 69.6 cm³/mol. The van der Waals surface area contributed by atoms with E-state index in [1.165, 1.54) is 0 Å². The smallest absolute Gasteiger partial charge is 0.374 e. The van der Waals surface area contributed by atoms with Crippen LogP contribution in [0.1, 0.15) is 29.7 Å². The zero-order chi connectivity index (χ0) is 13.7. The molecule has 0 saturated heterocycles. The van der Waals surface area contributed by atoms with E-state index in [1.807, 2.05) is 6.08 Å². The van der Waals surface area contributed by atoms with Crippen molar-refractivity contribution >= 4 is 5.97 Å². The first-order valence-corrected chi connectivity index (χ1v) is 6.51. The van der Waals surface area contributed by atoms with E-state index >= 15 is 0 Å². The van der Waals surface area contributed by atoms with E-state index in [-0.39, 0.29) is 24.3 Å². The fourth-order valence-electron chi connectivity index (χ4n) is 2.08. The number of ether oxygens (including phenoxy) is 1. The Kier molecular flexibility index (Phi) is 4.76. The molecule has 2 atom stereocenters. The van der Waals surface area contributed by atoms with Crippen molar-refractivity contribution < 1.29 is 19.1 Å². The van der Waals surface area contributed by atoms with Gasteiger partial charge in [-0.05, 0) is 25.5 Å². The van der Waals surface area contributed by atoms with Gasteiger partial charge in [-0.3, -0.25) is 0 Å². The number of esters is 1. The third-order valence-corrected chi connectivity index (χ3v) is 3.08. The van der Waals surface area contributed by atoms with Crippen LogP contribution < -0.4 is 5.32 Å². The van der Waals surface area contributed by atoms with Crippen LogP contribution in [0.15, 0.2) is 28.7 Å². The fraction of sp³-hybridized carbons (Fsp3) is 0.500. The first-order chi connectivity index (χ1) is 9.22. The molecule has 1 aliphatic rings. The maximum Gasteiger partial charge on any atom is 0.374 e. The largest absolute Gasteiger partial charge is 0.460 e. The van der Waals surface area contributed by atoms with Crippen LogP contribution >= 0.6 is 0 Å². The molecule has 0 saturated carbocycles. The number of nitrogens with one attached hydrogen (secondary N) is 1. The number of carbonyl (C=O) groups is 1. The van der Waals surface area contributed by atoms with Gasteiger partial charge < -0.3 is 19.6 Å². The van der Waals surface area contributed by atoms with Crippen molar-refractivity contribution in [2.75, 3.05) is 13.2 Å². The molecule has 0 aromatic carbocycles. The van der Waals surface area contributed by atoms with Gasteiger partial charge in [0.2, 0.25) is 5.76 Å². The summed E-state index contributed by atoms with van der Waals surface area (Å²) >= 11 is 0. The minimum atomic E-state index is -0.435. The molecule has 2 N–H and O–H groups in total. The Morgan fingerprint density at radius 1 is 1.53 bits per heavy atom. The first-order valence-electron chi connectivity index (χ1n) is 6.51. The van der Waals surface area contributed by atoms with Crippen LogP contribution in [-0.2, 0) is 11.3 Å². The lowest BCUT2D eigenvalue weighted by atomic mass is 10.1. The van der Waals surface area contributed by atoms with Crippen LogP contribution in [0.3, 0.4) is 0 Å². The summed E-state index contributed by atoms with van der Waals surface area (Å²) in [5, 5.41) is 12.3. The summed E-state index contributed by atoms with van der Waals surface area (Å²) in [6, 6.07) is 3.63. The molecule has 0 bridgehead atoms. The average molecular weight is 265 g/mol. The maximum absolute atomic E-state index is 11.4. The van der Waals surface area contributed by atoms with Gasteiger partial charge in [0.1, 0.15) is 5.76 Å². The van der Waals surface area contributed by atoms with E-state index in [9.17, 15) is 4.79 Å².